The molecule has 118 valence electrons. The summed E-state index contributed by atoms with van der Waals surface area (Å²) < 4.78 is 10.6. The molecule has 0 radical (unpaired) electrons. The SMILES string of the molecule is CCOC(CNC(=O)CC(CC)(CC)C(=O)O)OCC. The Balaban J connectivity index is 4.42. The lowest BCUT2D eigenvalue weighted by Crippen LogP contribution is -2.40. The third kappa shape index (κ3) is 5.88. The summed E-state index contributed by atoms with van der Waals surface area (Å²) in [7, 11) is 0. The van der Waals surface area contributed by atoms with E-state index in [-0.39, 0.29) is 18.9 Å². The molecule has 0 saturated heterocycles. The van der Waals surface area contributed by atoms with Crippen molar-refractivity contribution in [3.63, 3.8) is 0 Å². The van der Waals surface area contributed by atoms with E-state index in [4.69, 9.17) is 9.47 Å². The van der Waals surface area contributed by atoms with Crippen molar-refractivity contribution in [2.75, 3.05) is 19.8 Å². The van der Waals surface area contributed by atoms with E-state index in [0.717, 1.165) is 0 Å². The number of hydrogen-bond donors (Lipinski definition) is 2. The number of carbonyl (C=O) groups is 2. The van der Waals surface area contributed by atoms with Crippen LogP contribution in [0.5, 0.6) is 0 Å². The number of ether oxygens (including phenoxy) is 2. The molecule has 0 aliphatic carbocycles. The summed E-state index contributed by atoms with van der Waals surface area (Å²) in [6, 6.07) is 0. The maximum atomic E-state index is 11.9. The fraction of sp³-hybridized carbons (Fsp3) is 0.857. The van der Waals surface area contributed by atoms with Gasteiger partial charge in [-0.15, -0.1) is 0 Å². The van der Waals surface area contributed by atoms with Crippen LogP contribution in [0.4, 0.5) is 0 Å². The molecule has 0 aliphatic heterocycles. The molecule has 0 bridgehead atoms. The second-order valence-electron chi connectivity index (χ2n) is 4.61. The Hall–Kier alpha value is -1.14. The predicted molar refractivity (Wildman–Crippen MR) is 75.3 cm³/mol. The van der Waals surface area contributed by atoms with Gasteiger partial charge in [0, 0.05) is 19.6 Å². The summed E-state index contributed by atoms with van der Waals surface area (Å²) in [5.41, 5.74) is -0.989. The Labute approximate surface area is 120 Å². The van der Waals surface area contributed by atoms with E-state index < -0.39 is 17.7 Å². The number of nitrogens with one attached hydrogen (secondary N) is 1. The Morgan fingerprint density at radius 1 is 1.10 bits per heavy atom. The number of carbonyl (C=O) groups excluding carboxylic acids is 1. The van der Waals surface area contributed by atoms with E-state index >= 15 is 0 Å². The lowest BCUT2D eigenvalue weighted by atomic mass is 9.79. The average molecular weight is 289 g/mol. The molecule has 1 amide bonds. The first kappa shape index (κ1) is 18.9. The van der Waals surface area contributed by atoms with Crippen LogP contribution in [0.1, 0.15) is 47.0 Å². The predicted octanol–water partition coefficient (Wildman–Crippen LogP) is 1.78. The van der Waals surface area contributed by atoms with Crippen molar-refractivity contribution in [1.82, 2.24) is 5.32 Å². The zero-order valence-corrected chi connectivity index (χ0v) is 12.9. The molecule has 0 aromatic carbocycles. The van der Waals surface area contributed by atoms with E-state index in [0.29, 0.717) is 26.1 Å². The molecule has 0 atom stereocenters. The molecule has 6 heteroatoms. The average Bonchev–Trinajstić information content (AvgIpc) is 2.42. The van der Waals surface area contributed by atoms with Gasteiger partial charge < -0.3 is 19.9 Å². The largest absolute Gasteiger partial charge is 0.481 e. The number of hydrogen-bond acceptors (Lipinski definition) is 4. The highest BCUT2D eigenvalue weighted by Crippen LogP contribution is 2.30. The minimum atomic E-state index is -0.989. The normalized spacial score (nSPS) is 11.7. The van der Waals surface area contributed by atoms with Gasteiger partial charge in [0.25, 0.3) is 0 Å². The molecule has 0 rings (SSSR count). The maximum absolute atomic E-state index is 11.9. The zero-order valence-electron chi connectivity index (χ0n) is 12.9. The third-order valence-corrected chi connectivity index (χ3v) is 3.48. The van der Waals surface area contributed by atoms with Crippen molar-refractivity contribution in [1.29, 1.82) is 0 Å². The van der Waals surface area contributed by atoms with Gasteiger partial charge in [0.1, 0.15) is 0 Å². The van der Waals surface area contributed by atoms with Gasteiger partial charge in [0.05, 0.1) is 12.0 Å². The molecule has 0 aromatic heterocycles. The molecule has 0 saturated carbocycles. The number of rotatable bonds is 11. The van der Waals surface area contributed by atoms with Crippen molar-refractivity contribution < 1.29 is 24.2 Å². The van der Waals surface area contributed by atoms with Crippen LogP contribution in [0.15, 0.2) is 0 Å². The second kappa shape index (κ2) is 9.72. The molecule has 2 N–H and O–H groups in total. The Morgan fingerprint density at radius 2 is 1.60 bits per heavy atom. The third-order valence-electron chi connectivity index (χ3n) is 3.48. The van der Waals surface area contributed by atoms with Crippen molar-refractivity contribution in [2.24, 2.45) is 5.41 Å². The molecular formula is C14H27NO5. The van der Waals surface area contributed by atoms with Crippen LogP contribution in [0.3, 0.4) is 0 Å². The first-order chi connectivity index (χ1) is 9.45. The first-order valence-electron chi connectivity index (χ1n) is 7.19. The van der Waals surface area contributed by atoms with Crippen molar-refractivity contribution in [3.8, 4) is 0 Å². The molecule has 0 unspecified atom stereocenters. The second-order valence-corrected chi connectivity index (χ2v) is 4.61. The highest BCUT2D eigenvalue weighted by atomic mass is 16.7. The van der Waals surface area contributed by atoms with Gasteiger partial charge >= 0.3 is 5.97 Å². The van der Waals surface area contributed by atoms with Crippen molar-refractivity contribution in [3.05, 3.63) is 0 Å². The summed E-state index contributed by atoms with van der Waals surface area (Å²) >= 11 is 0. The number of carboxylic acids is 1. The summed E-state index contributed by atoms with van der Waals surface area (Å²) in [5.74, 6) is -1.22. The monoisotopic (exact) mass is 289 g/mol. The molecule has 20 heavy (non-hydrogen) atoms. The molecule has 0 spiro atoms. The van der Waals surface area contributed by atoms with Crippen LogP contribution in [0, 0.1) is 5.41 Å². The van der Waals surface area contributed by atoms with E-state index in [1.54, 1.807) is 13.8 Å². The van der Waals surface area contributed by atoms with E-state index in [2.05, 4.69) is 5.32 Å². The molecule has 0 fully saturated rings. The quantitative estimate of drug-likeness (QED) is 0.566. The minimum absolute atomic E-state index is 0.0275. The summed E-state index contributed by atoms with van der Waals surface area (Å²) in [6.45, 7) is 8.47. The molecule has 0 heterocycles. The van der Waals surface area contributed by atoms with Crippen LogP contribution in [0.2, 0.25) is 0 Å². The maximum Gasteiger partial charge on any atom is 0.310 e. The molecule has 0 aliphatic rings. The Bertz CT molecular complexity index is 296. The van der Waals surface area contributed by atoms with E-state index in [9.17, 15) is 14.7 Å². The minimum Gasteiger partial charge on any atom is -0.481 e. The summed E-state index contributed by atoms with van der Waals surface area (Å²) in [5, 5.41) is 12.0. The number of amides is 1. The van der Waals surface area contributed by atoms with Crippen LogP contribution in [0.25, 0.3) is 0 Å². The van der Waals surface area contributed by atoms with E-state index in [1.165, 1.54) is 0 Å². The zero-order chi connectivity index (χ0) is 15.6. The highest BCUT2D eigenvalue weighted by Gasteiger charge is 2.37. The number of aliphatic carboxylic acids is 1. The number of carboxylic acid groups (broad SMARTS) is 1. The lowest BCUT2D eigenvalue weighted by Gasteiger charge is -2.26. The van der Waals surface area contributed by atoms with Gasteiger partial charge in [-0.25, -0.2) is 0 Å². The fourth-order valence-electron chi connectivity index (χ4n) is 1.98. The van der Waals surface area contributed by atoms with Crippen LogP contribution in [-0.2, 0) is 19.1 Å². The lowest BCUT2D eigenvalue weighted by molar-refractivity contribution is -0.153. The van der Waals surface area contributed by atoms with Gasteiger partial charge in [0.15, 0.2) is 6.29 Å². The summed E-state index contributed by atoms with van der Waals surface area (Å²) in [6.07, 6.45) is 0.330. The standard InChI is InChI=1S/C14H27NO5/c1-5-14(6-2,13(17)18)9-11(16)15-10-12(19-7-3)20-8-4/h12H,5-10H2,1-4H3,(H,15,16)(H,17,18). The van der Waals surface area contributed by atoms with Gasteiger partial charge in [-0.3, -0.25) is 9.59 Å². The van der Waals surface area contributed by atoms with Crippen LogP contribution in [-0.4, -0.2) is 43.0 Å². The van der Waals surface area contributed by atoms with Gasteiger partial charge in [0.2, 0.25) is 5.91 Å². The van der Waals surface area contributed by atoms with Gasteiger partial charge in [-0.2, -0.15) is 0 Å². The van der Waals surface area contributed by atoms with Gasteiger partial charge in [-0.1, -0.05) is 13.8 Å². The molecule has 0 aromatic rings. The molecule has 6 nitrogen and oxygen atoms in total. The highest BCUT2D eigenvalue weighted by molar-refractivity contribution is 5.84. The first-order valence-corrected chi connectivity index (χ1v) is 7.19. The van der Waals surface area contributed by atoms with Gasteiger partial charge in [-0.05, 0) is 26.7 Å². The van der Waals surface area contributed by atoms with Crippen LogP contribution < -0.4 is 5.32 Å². The van der Waals surface area contributed by atoms with E-state index in [1.807, 2.05) is 13.8 Å². The Morgan fingerprint density at radius 3 is 1.95 bits per heavy atom. The smallest absolute Gasteiger partial charge is 0.310 e. The Kier molecular flexibility index (Phi) is 9.16. The van der Waals surface area contributed by atoms with Crippen molar-refractivity contribution in [2.45, 2.75) is 53.2 Å². The topological polar surface area (TPSA) is 84.9 Å². The van der Waals surface area contributed by atoms with Crippen molar-refractivity contribution >= 4 is 11.9 Å². The molecular weight excluding hydrogens is 262 g/mol. The van der Waals surface area contributed by atoms with Crippen LogP contribution >= 0.6 is 0 Å². The fourth-order valence-corrected chi connectivity index (χ4v) is 1.98. The summed E-state index contributed by atoms with van der Waals surface area (Å²) in [4.78, 5) is 23.2.